The number of hydrogen-bond donors (Lipinski definition) is 3. The van der Waals surface area contributed by atoms with Gasteiger partial charge in [0.1, 0.15) is 15.5 Å². The van der Waals surface area contributed by atoms with E-state index in [0.717, 1.165) is 32.4 Å². The number of anilines is 2. The SMILES string of the molecule is COc1ccc(C2c3c(sc(C(=O)O)c3C)Nc3sc(C(=O)O)c(C)c32)cc1. The largest absolute Gasteiger partial charge is 0.497 e. The van der Waals surface area contributed by atoms with Gasteiger partial charge in [-0.1, -0.05) is 12.1 Å². The molecule has 0 atom stereocenters. The van der Waals surface area contributed by atoms with E-state index in [1.807, 2.05) is 38.1 Å². The van der Waals surface area contributed by atoms with Gasteiger partial charge in [0.05, 0.1) is 17.1 Å². The average Bonchev–Trinajstić information content (AvgIpc) is 3.18. The molecule has 1 aliphatic rings. The summed E-state index contributed by atoms with van der Waals surface area (Å²) in [5.74, 6) is -1.44. The summed E-state index contributed by atoms with van der Waals surface area (Å²) >= 11 is 2.37. The first kappa shape index (κ1) is 18.5. The summed E-state index contributed by atoms with van der Waals surface area (Å²) in [7, 11) is 1.60. The summed E-state index contributed by atoms with van der Waals surface area (Å²) in [6.07, 6.45) is 0. The van der Waals surface area contributed by atoms with Crippen molar-refractivity contribution < 1.29 is 24.5 Å². The van der Waals surface area contributed by atoms with Crippen LogP contribution in [-0.4, -0.2) is 29.3 Å². The number of rotatable bonds is 4. The van der Waals surface area contributed by atoms with Crippen LogP contribution in [0, 0.1) is 13.8 Å². The molecule has 2 aromatic heterocycles. The molecular formula is C20H17NO5S2. The maximum atomic E-state index is 11.7. The van der Waals surface area contributed by atoms with E-state index >= 15 is 0 Å². The van der Waals surface area contributed by atoms with Gasteiger partial charge in [0.25, 0.3) is 0 Å². The van der Waals surface area contributed by atoms with Crippen LogP contribution in [0.4, 0.5) is 10.0 Å². The predicted molar refractivity (Wildman–Crippen MR) is 109 cm³/mol. The number of benzene rings is 1. The molecule has 0 saturated carbocycles. The minimum absolute atomic E-state index is 0.245. The summed E-state index contributed by atoms with van der Waals surface area (Å²) in [5, 5.41) is 23.9. The number of thiophene rings is 2. The predicted octanol–water partition coefficient (Wildman–Crippen LogP) is 5.07. The van der Waals surface area contributed by atoms with Gasteiger partial charge in [0.15, 0.2) is 0 Å². The molecule has 0 fully saturated rings. The first-order valence-corrected chi connectivity index (χ1v) is 10.1. The molecule has 1 aromatic carbocycles. The molecule has 3 heterocycles. The molecule has 1 aliphatic heterocycles. The number of hydrogen-bond acceptors (Lipinski definition) is 6. The Morgan fingerprint density at radius 3 is 1.79 bits per heavy atom. The number of nitrogens with one attached hydrogen (secondary N) is 1. The summed E-state index contributed by atoms with van der Waals surface area (Å²) in [4.78, 5) is 23.9. The number of methoxy groups -OCH3 is 1. The molecule has 0 aliphatic carbocycles. The van der Waals surface area contributed by atoms with Crippen LogP contribution in [-0.2, 0) is 0 Å². The highest BCUT2D eigenvalue weighted by Crippen LogP contribution is 2.54. The van der Waals surface area contributed by atoms with Crippen LogP contribution in [0.5, 0.6) is 5.75 Å². The Bertz CT molecular complexity index is 1050. The van der Waals surface area contributed by atoms with Crippen molar-refractivity contribution in [3.63, 3.8) is 0 Å². The monoisotopic (exact) mass is 415 g/mol. The van der Waals surface area contributed by atoms with Gasteiger partial charge in [0, 0.05) is 17.0 Å². The zero-order valence-corrected chi connectivity index (χ0v) is 17.0. The Balaban J connectivity index is 1.99. The van der Waals surface area contributed by atoms with E-state index in [4.69, 9.17) is 4.74 Å². The van der Waals surface area contributed by atoms with Crippen LogP contribution in [0.3, 0.4) is 0 Å². The summed E-state index contributed by atoms with van der Waals surface area (Å²) < 4.78 is 5.25. The van der Waals surface area contributed by atoms with E-state index in [0.29, 0.717) is 20.9 Å². The zero-order valence-electron chi connectivity index (χ0n) is 15.3. The van der Waals surface area contributed by atoms with Crippen LogP contribution in [0.15, 0.2) is 24.3 Å². The number of carbonyl (C=O) groups is 2. The van der Waals surface area contributed by atoms with Crippen molar-refractivity contribution in [1.29, 1.82) is 0 Å². The lowest BCUT2D eigenvalue weighted by molar-refractivity contribution is 0.0690. The van der Waals surface area contributed by atoms with E-state index < -0.39 is 11.9 Å². The lowest BCUT2D eigenvalue weighted by atomic mass is 9.81. The third kappa shape index (κ3) is 2.68. The van der Waals surface area contributed by atoms with Gasteiger partial charge in [-0.05, 0) is 42.7 Å². The molecule has 0 unspecified atom stereocenters. The van der Waals surface area contributed by atoms with Gasteiger partial charge in [-0.3, -0.25) is 0 Å². The summed E-state index contributed by atoms with van der Waals surface area (Å²) in [5.41, 5.74) is 4.14. The molecular weight excluding hydrogens is 398 g/mol. The smallest absolute Gasteiger partial charge is 0.346 e. The Morgan fingerprint density at radius 2 is 1.39 bits per heavy atom. The summed E-state index contributed by atoms with van der Waals surface area (Å²) in [6.45, 7) is 3.61. The van der Waals surface area contributed by atoms with Crippen molar-refractivity contribution >= 4 is 44.6 Å². The molecule has 4 rings (SSSR count). The maximum Gasteiger partial charge on any atom is 0.346 e. The van der Waals surface area contributed by atoms with E-state index in [1.54, 1.807) is 7.11 Å². The summed E-state index contributed by atoms with van der Waals surface area (Å²) in [6, 6.07) is 7.60. The Hall–Kier alpha value is -2.84. The van der Waals surface area contributed by atoms with Gasteiger partial charge in [-0.25, -0.2) is 9.59 Å². The Kier molecular flexibility index (Phi) is 4.40. The number of ether oxygens (including phenoxy) is 1. The quantitative estimate of drug-likeness (QED) is 0.431. The standard InChI is InChI=1S/C20H17NO5S2/c1-8-12-14(10-4-6-11(26-3)7-5-10)13-9(2)16(20(24)25)28-18(13)21-17(12)27-15(8)19(22)23/h4-7,14,21H,1-3H3,(H,22,23)(H,24,25). The van der Waals surface area contributed by atoms with Gasteiger partial charge >= 0.3 is 11.9 Å². The van der Waals surface area contributed by atoms with Crippen molar-refractivity contribution in [3.05, 3.63) is 61.8 Å². The zero-order chi connectivity index (χ0) is 20.2. The fourth-order valence-electron chi connectivity index (χ4n) is 3.72. The minimum atomic E-state index is -0.960. The topological polar surface area (TPSA) is 95.9 Å². The molecule has 0 amide bonds. The number of fused-ring (bicyclic) bond motifs is 2. The molecule has 144 valence electrons. The second-order valence-corrected chi connectivity index (χ2v) is 8.58. The first-order valence-electron chi connectivity index (χ1n) is 8.47. The van der Waals surface area contributed by atoms with Crippen LogP contribution in [0.25, 0.3) is 0 Å². The molecule has 28 heavy (non-hydrogen) atoms. The average molecular weight is 415 g/mol. The molecule has 3 N–H and O–H groups in total. The molecule has 6 nitrogen and oxygen atoms in total. The van der Waals surface area contributed by atoms with Crippen molar-refractivity contribution in [3.8, 4) is 5.75 Å². The number of carboxylic acid groups (broad SMARTS) is 2. The molecule has 0 spiro atoms. The second kappa shape index (κ2) is 6.65. The van der Waals surface area contributed by atoms with E-state index in [-0.39, 0.29) is 5.92 Å². The van der Waals surface area contributed by atoms with Gasteiger partial charge in [0.2, 0.25) is 0 Å². The van der Waals surface area contributed by atoms with E-state index in [9.17, 15) is 19.8 Å². The lowest BCUT2D eigenvalue weighted by Crippen LogP contribution is -2.13. The normalized spacial score (nSPS) is 12.8. The van der Waals surface area contributed by atoms with Gasteiger partial charge in [-0.15, -0.1) is 22.7 Å². The van der Waals surface area contributed by atoms with Crippen molar-refractivity contribution in [2.24, 2.45) is 0 Å². The Labute approximate surface area is 169 Å². The van der Waals surface area contributed by atoms with Crippen LogP contribution in [0.1, 0.15) is 53.1 Å². The van der Waals surface area contributed by atoms with Crippen molar-refractivity contribution in [2.45, 2.75) is 19.8 Å². The molecule has 8 heteroatoms. The third-order valence-corrected chi connectivity index (χ3v) is 7.45. The van der Waals surface area contributed by atoms with Crippen LogP contribution in [0.2, 0.25) is 0 Å². The molecule has 0 bridgehead atoms. The highest BCUT2D eigenvalue weighted by atomic mass is 32.1. The molecule has 0 radical (unpaired) electrons. The van der Waals surface area contributed by atoms with E-state index in [2.05, 4.69) is 5.32 Å². The van der Waals surface area contributed by atoms with Gasteiger partial charge in [-0.2, -0.15) is 0 Å². The van der Waals surface area contributed by atoms with Gasteiger partial charge < -0.3 is 20.3 Å². The minimum Gasteiger partial charge on any atom is -0.497 e. The number of carboxylic acids is 2. The maximum absolute atomic E-state index is 11.7. The fourth-order valence-corrected chi connectivity index (χ4v) is 5.96. The van der Waals surface area contributed by atoms with Crippen LogP contribution >= 0.6 is 22.7 Å². The first-order chi connectivity index (χ1) is 13.3. The highest BCUT2D eigenvalue weighted by Gasteiger charge is 2.37. The van der Waals surface area contributed by atoms with E-state index in [1.165, 1.54) is 22.7 Å². The third-order valence-electron chi connectivity index (χ3n) is 5.03. The fraction of sp³-hybridized carbons (Fsp3) is 0.200. The Morgan fingerprint density at radius 1 is 0.929 bits per heavy atom. The number of aromatic carboxylic acids is 2. The van der Waals surface area contributed by atoms with Crippen molar-refractivity contribution in [1.82, 2.24) is 0 Å². The molecule has 3 aromatic rings. The van der Waals surface area contributed by atoms with Crippen LogP contribution < -0.4 is 10.1 Å². The highest BCUT2D eigenvalue weighted by molar-refractivity contribution is 7.20. The molecule has 0 saturated heterocycles. The van der Waals surface area contributed by atoms with Crippen molar-refractivity contribution in [2.75, 3.05) is 12.4 Å². The second-order valence-electron chi connectivity index (χ2n) is 6.54. The lowest BCUT2D eigenvalue weighted by Gasteiger charge is -2.27.